The lowest BCUT2D eigenvalue weighted by Crippen LogP contribution is -2.71. The van der Waals surface area contributed by atoms with Crippen molar-refractivity contribution in [2.24, 2.45) is 10.8 Å². The largest absolute Gasteiger partial charge is 0.465 e. The Balaban J connectivity index is 1.90. The van der Waals surface area contributed by atoms with Gasteiger partial charge in [-0.15, -0.1) is 0 Å². The zero-order valence-corrected chi connectivity index (χ0v) is 15.9. The first-order valence-electron chi connectivity index (χ1n) is 9.23. The van der Waals surface area contributed by atoms with Crippen LogP contribution in [0.3, 0.4) is 0 Å². The highest BCUT2D eigenvalue weighted by Gasteiger charge is 2.87. The maximum atomic E-state index is 11.8. The van der Waals surface area contributed by atoms with Crippen LogP contribution < -0.4 is 0 Å². The molecule has 8 heteroatoms. The SMILES string of the molecule is CC(=O)OC[C@]12[C@H](O)CC(C)=C[C@H]1OC1[C@H](O)[C@@H](OC(C)=O)[C@@]2(C)C12CO2. The zero-order valence-electron chi connectivity index (χ0n) is 15.9. The van der Waals surface area contributed by atoms with Crippen LogP contribution in [0, 0.1) is 10.8 Å². The molecule has 4 rings (SSSR count). The fourth-order valence-electron chi connectivity index (χ4n) is 5.73. The van der Waals surface area contributed by atoms with E-state index in [1.165, 1.54) is 13.8 Å². The molecule has 2 saturated heterocycles. The van der Waals surface area contributed by atoms with Crippen LogP contribution in [0.4, 0.5) is 0 Å². The molecule has 2 aliphatic carbocycles. The Kier molecular flexibility index (Phi) is 4.03. The van der Waals surface area contributed by atoms with E-state index in [2.05, 4.69) is 0 Å². The van der Waals surface area contributed by atoms with Crippen molar-refractivity contribution in [2.45, 2.75) is 70.2 Å². The molecule has 0 aromatic rings. The first-order valence-corrected chi connectivity index (χ1v) is 9.23. The second-order valence-electron chi connectivity index (χ2n) is 8.43. The van der Waals surface area contributed by atoms with Gasteiger partial charge < -0.3 is 29.2 Å². The topological polar surface area (TPSA) is 115 Å². The first kappa shape index (κ1) is 18.9. The van der Waals surface area contributed by atoms with Gasteiger partial charge in [0.15, 0.2) is 0 Å². The lowest BCUT2D eigenvalue weighted by atomic mass is 9.50. The third-order valence-corrected chi connectivity index (χ3v) is 7.10. The number of carbonyl (C=O) groups is 2. The molecule has 3 fully saturated rings. The van der Waals surface area contributed by atoms with E-state index in [0.29, 0.717) is 13.0 Å². The molecule has 8 atom stereocenters. The Morgan fingerprint density at radius 2 is 1.96 bits per heavy atom. The van der Waals surface area contributed by atoms with Crippen molar-refractivity contribution in [2.75, 3.05) is 13.2 Å². The Morgan fingerprint density at radius 1 is 1.30 bits per heavy atom. The minimum Gasteiger partial charge on any atom is -0.465 e. The van der Waals surface area contributed by atoms with E-state index in [4.69, 9.17) is 18.9 Å². The standard InChI is InChI=1S/C19H26O8/c1-9-5-12(22)18(7-24-10(2)20)13(6-9)27-16-14(23)15(26-11(3)21)17(18,4)19(16)8-25-19/h6,12-16,22-23H,5,7-8H2,1-4H3/t12-,13-,14-,15-,16?,17-,18+,19?/m1/s1. The highest BCUT2D eigenvalue weighted by atomic mass is 16.7. The maximum Gasteiger partial charge on any atom is 0.303 e. The number of ether oxygens (including phenoxy) is 4. The smallest absolute Gasteiger partial charge is 0.303 e. The number of aliphatic hydroxyl groups excluding tert-OH is 2. The fraction of sp³-hybridized carbons (Fsp3) is 0.789. The molecule has 1 saturated carbocycles. The first-order chi connectivity index (χ1) is 12.6. The van der Waals surface area contributed by atoms with E-state index in [1.54, 1.807) is 0 Å². The summed E-state index contributed by atoms with van der Waals surface area (Å²) in [6, 6.07) is 0. The van der Waals surface area contributed by atoms with Crippen LogP contribution in [0.25, 0.3) is 0 Å². The van der Waals surface area contributed by atoms with Gasteiger partial charge in [0.05, 0.1) is 29.6 Å². The summed E-state index contributed by atoms with van der Waals surface area (Å²) in [6.07, 6.45) is -2.04. The van der Waals surface area contributed by atoms with Crippen LogP contribution in [0.2, 0.25) is 0 Å². The molecule has 1 spiro atoms. The zero-order chi connectivity index (χ0) is 19.8. The van der Waals surface area contributed by atoms with Gasteiger partial charge in [-0.25, -0.2) is 0 Å². The van der Waals surface area contributed by atoms with Gasteiger partial charge in [-0.1, -0.05) is 18.6 Å². The van der Waals surface area contributed by atoms with Crippen molar-refractivity contribution < 1.29 is 38.7 Å². The van der Waals surface area contributed by atoms with Crippen molar-refractivity contribution in [1.29, 1.82) is 0 Å². The average Bonchev–Trinajstić information content (AvgIpc) is 3.34. The van der Waals surface area contributed by atoms with Gasteiger partial charge in [0, 0.05) is 13.8 Å². The van der Waals surface area contributed by atoms with Gasteiger partial charge in [-0.2, -0.15) is 0 Å². The highest BCUT2D eigenvalue weighted by molar-refractivity contribution is 5.67. The van der Waals surface area contributed by atoms with Crippen LogP contribution in [0.1, 0.15) is 34.1 Å². The number of aliphatic hydroxyl groups is 2. The average molecular weight is 382 g/mol. The summed E-state index contributed by atoms with van der Waals surface area (Å²) in [5, 5.41) is 22.2. The molecule has 8 nitrogen and oxygen atoms in total. The third kappa shape index (κ3) is 2.18. The maximum absolute atomic E-state index is 11.8. The monoisotopic (exact) mass is 382 g/mol. The van der Waals surface area contributed by atoms with E-state index < -0.39 is 58.9 Å². The number of epoxide rings is 1. The molecular weight excluding hydrogens is 356 g/mol. The van der Waals surface area contributed by atoms with Crippen LogP contribution in [0.5, 0.6) is 0 Å². The van der Waals surface area contributed by atoms with E-state index in [1.807, 2.05) is 19.9 Å². The number of rotatable bonds is 3. The summed E-state index contributed by atoms with van der Waals surface area (Å²) in [4.78, 5) is 23.4. The molecule has 2 aliphatic heterocycles. The van der Waals surface area contributed by atoms with Gasteiger partial charge in [-0.3, -0.25) is 9.59 Å². The van der Waals surface area contributed by atoms with Crippen LogP contribution >= 0.6 is 0 Å². The van der Waals surface area contributed by atoms with Crippen molar-refractivity contribution >= 4 is 11.9 Å². The normalized spacial score (nSPS) is 50.0. The Hall–Kier alpha value is -1.48. The molecule has 2 N–H and O–H groups in total. The van der Waals surface area contributed by atoms with Crippen molar-refractivity contribution in [3.8, 4) is 0 Å². The summed E-state index contributed by atoms with van der Waals surface area (Å²) in [6.45, 7) is 6.49. The lowest BCUT2D eigenvalue weighted by molar-refractivity contribution is -0.262. The number of hydrogen-bond donors (Lipinski definition) is 2. The minimum absolute atomic E-state index is 0.128. The van der Waals surface area contributed by atoms with Crippen molar-refractivity contribution in [3.05, 3.63) is 11.6 Å². The lowest BCUT2D eigenvalue weighted by Gasteiger charge is -2.59. The second kappa shape index (κ2) is 5.76. The predicted octanol–water partition coefficient (Wildman–Crippen LogP) is 0.0957. The molecule has 2 bridgehead atoms. The van der Waals surface area contributed by atoms with E-state index in [9.17, 15) is 19.8 Å². The van der Waals surface area contributed by atoms with E-state index in [0.717, 1.165) is 5.57 Å². The summed E-state index contributed by atoms with van der Waals surface area (Å²) in [7, 11) is 0. The number of hydrogen-bond acceptors (Lipinski definition) is 8. The molecule has 4 aliphatic rings. The Morgan fingerprint density at radius 3 is 2.52 bits per heavy atom. The predicted molar refractivity (Wildman–Crippen MR) is 90.5 cm³/mol. The van der Waals surface area contributed by atoms with Gasteiger partial charge in [0.2, 0.25) is 0 Å². The molecule has 2 heterocycles. The summed E-state index contributed by atoms with van der Waals surface area (Å²) in [5.41, 5.74) is -2.09. The van der Waals surface area contributed by atoms with Gasteiger partial charge >= 0.3 is 11.9 Å². The van der Waals surface area contributed by atoms with Crippen LogP contribution in [-0.2, 0) is 28.5 Å². The molecule has 0 radical (unpaired) electrons. The third-order valence-electron chi connectivity index (χ3n) is 7.10. The van der Waals surface area contributed by atoms with Crippen LogP contribution in [0.15, 0.2) is 11.6 Å². The second-order valence-corrected chi connectivity index (χ2v) is 8.43. The molecule has 150 valence electrons. The minimum atomic E-state index is -1.12. The quantitative estimate of drug-likeness (QED) is 0.401. The summed E-state index contributed by atoms with van der Waals surface area (Å²) in [5.74, 6) is -1.03. The molecule has 27 heavy (non-hydrogen) atoms. The van der Waals surface area contributed by atoms with E-state index >= 15 is 0 Å². The highest BCUT2D eigenvalue weighted by Crippen LogP contribution is 2.72. The Bertz CT molecular complexity index is 712. The van der Waals surface area contributed by atoms with Gasteiger partial charge in [-0.05, 0) is 13.3 Å². The fourth-order valence-corrected chi connectivity index (χ4v) is 5.73. The van der Waals surface area contributed by atoms with Crippen molar-refractivity contribution in [1.82, 2.24) is 0 Å². The number of esters is 2. The van der Waals surface area contributed by atoms with Gasteiger partial charge in [0.1, 0.15) is 30.5 Å². The summed E-state index contributed by atoms with van der Waals surface area (Å²) >= 11 is 0. The van der Waals surface area contributed by atoms with Crippen LogP contribution in [-0.4, -0.2) is 71.5 Å². The number of fused-ring (bicyclic) bond motifs is 2. The van der Waals surface area contributed by atoms with E-state index in [-0.39, 0.29) is 6.61 Å². The molecule has 0 aromatic carbocycles. The molecule has 0 amide bonds. The Labute approximate surface area is 157 Å². The molecule has 2 unspecified atom stereocenters. The van der Waals surface area contributed by atoms with Gasteiger partial charge in [0.25, 0.3) is 0 Å². The molecule has 0 aromatic heterocycles. The summed E-state index contributed by atoms with van der Waals surface area (Å²) < 4.78 is 23.0. The molecular formula is C19H26O8. The van der Waals surface area contributed by atoms with Crippen molar-refractivity contribution in [3.63, 3.8) is 0 Å². The number of carbonyl (C=O) groups excluding carboxylic acids is 2.